The summed E-state index contributed by atoms with van der Waals surface area (Å²) >= 11 is 0. The molecule has 2 N–H and O–H groups in total. The van der Waals surface area contributed by atoms with Crippen LogP contribution in [0, 0.1) is 0 Å². The molecule has 1 aliphatic carbocycles. The van der Waals surface area contributed by atoms with E-state index < -0.39 is 5.91 Å². The molecule has 1 amide bonds. The molecule has 0 bridgehead atoms. The molecule has 0 heterocycles. The van der Waals surface area contributed by atoms with Crippen LogP contribution in [-0.2, 0) is 4.79 Å². The molecular formula is C22H21NO4. The summed E-state index contributed by atoms with van der Waals surface area (Å²) in [5.74, 6) is -1.02. The Labute approximate surface area is 157 Å². The van der Waals surface area contributed by atoms with E-state index in [0.29, 0.717) is 35.1 Å². The second kappa shape index (κ2) is 8.10. The number of hydroxylamine groups is 1. The number of benzene rings is 2. The zero-order valence-electron chi connectivity index (χ0n) is 15.1. The Bertz CT molecular complexity index is 915. The molecule has 2 aromatic rings. The van der Waals surface area contributed by atoms with Crippen molar-refractivity contribution in [3.63, 3.8) is 0 Å². The molecule has 2 aromatic carbocycles. The summed E-state index contributed by atoms with van der Waals surface area (Å²) in [4.78, 5) is 37.4. The first-order chi connectivity index (χ1) is 13.0. The summed E-state index contributed by atoms with van der Waals surface area (Å²) in [6, 6.07) is 16.4. The monoisotopic (exact) mass is 363 g/mol. The van der Waals surface area contributed by atoms with E-state index in [1.807, 2.05) is 30.3 Å². The number of nitrogens with one attached hydrogen (secondary N) is 1. The third-order valence-corrected chi connectivity index (χ3v) is 4.98. The zero-order chi connectivity index (χ0) is 19.4. The molecule has 0 aliphatic heterocycles. The van der Waals surface area contributed by atoms with Crippen LogP contribution in [0.4, 0.5) is 0 Å². The lowest BCUT2D eigenvalue weighted by atomic mass is 9.75. The van der Waals surface area contributed by atoms with Gasteiger partial charge in [-0.25, -0.2) is 5.48 Å². The maximum atomic E-state index is 13.2. The maximum Gasteiger partial charge on any atom is 0.243 e. The topological polar surface area (TPSA) is 83.5 Å². The average molecular weight is 363 g/mol. The van der Waals surface area contributed by atoms with Crippen LogP contribution in [-0.4, -0.2) is 22.7 Å². The first-order valence-electron chi connectivity index (χ1n) is 8.91. The predicted molar refractivity (Wildman–Crippen MR) is 101 cm³/mol. The van der Waals surface area contributed by atoms with Crippen molar-refractivity contribution in [1.82, 2.24) is 5.48 Å². The van der Waals surface area contributed by atoms with E-state index in [4.69, 9.17) is 5.21 Å². The van der Waals surface area contributed by atoms with Crippen molar-refractivity contribution < 1.29 is 19.6 Å². The molecule has 1 unspecified atom stereocenters. The minimum absolute atomic E-state index is 0.130. The Morgan fingerprint density at radius 1 is 0.963 bits per heavy atom. The van der Waals surface area contributed by atoms with Crippen LogP contribution in [0.3, 0.4) is 0 Å². The maximum absolute atomic E-state index is 13.2. The van der Waals surface area contributed by atoms with Gasteiger partial charge in [0.15, 0.2) is 11.6 Å². The lowest BCUT2D eigenvalue weighted by Crippen LogP contribution is -2.25. The zero-order valence-corrected chi connectivity index (χ0v) is 15.1. The van der Waals surface area contributed by atoms with Crippen molar-refractivity contribution in [3.05, 3.63) is 82.4 Å². The van der Waals surface area contributed by atoms with E-state index in [1.54, 1.807) is 36.7 Å². The molecule has 3 rings (SSSR count). The second-order valence-electron chi connectivity index (χ2n) is 6.63. The normalized spacial score (nSPS) is 14.7. The third-order valence-electron chi connectivity index (χ3n) is 4.98. The Hall–Kier alpha value is -3.05. The minimum atomic E-state index is -0.469. The molecule has 0 spiro atoms. The fraction of sp³-hybridized carbons (Fsp3) is 0.227. The van der Waals surface area contributed by atoms with Crippen LogP contribution in [0.1, 0.15) is 58.4 Å². The molecule has 5 heteroatoms. The first kappa shape index (κ1) is 18.7. The molecule has 1 atom stereocenters. The lowest BCUT2D eigenvalue weighted by Gasteiger charge is -2.26. The van der Waals surface area contributed by atoms with E-state index in [-0.39, 0.29) is 23.9 Å². The smallest absolute Gasteiger partial charge is 0.243 e. The molecular weight excluding hydrogens is 342 g/mol. The summed E-state index contributed by atoms with van der Waals surface area (Å²) in [6.45, 7) is 1.70. The van der Waals surface area contributed by atoms with Crippen molar-refractivity contribution in [1.29, 1.82) is 0 Å². The summed E-state index contributed by atoms with van der Waals surface area (Å²) < 4.78 is 0. The highest BCUT2D eigenvalue weighted by Crippen LogP contribution is 2.38. The summed E-state index contributed by atoms with van der Waals surface area (Å²) in [5, 5.41) is 8.69. The van der Waals surface area contributed by atoms with E-state index in [2.05, 4.69) is 0 Å². The predicted octanol–water partition coefficient (Wildman–Crippen LogP) is 3.84. The molecule has 0 radical (unpaired) electrons. The highest BCUT2D eigenvalue weighted by molar-refractivity contribution is 6.27. The second-order valence-corrected chi connectivity index (χ2v) is 6.63. The standard InChI is InChI=1S/C22H21NO4/c1-14-20(22(26)18-11-6-5-10-17(18)21(14)25)16(12-7-13-19(24)23-27)15-8-3-2-4-9-15/h2-6,8-11,16,27H,7,12-13H2,1H3,(H,23,24). The van der Waals surface area contributed by atoms with Crippen molar-refractivity contribution >= 4 is 17.5 Å². The van der Waals surface area contributed by atoms with Crippen molar-refractivity contribution in [3.8, 4) is 0 Å². The van der Waals surface area contributed by atoms with Crippen LogP contribution in [0.15, 0.2) is 65.7 Å². The van der Waals surface area contributed by atoms with E-state index >= 15 is 0 Å². The van der Waals surface area contributed by atoms with Crippen LogP contribution in [0.25, 0.3) is 0 Å². The number of hydrogen-bond donors (Lipinski definition) is 2. The quantitative estimate of drug-likeness (QED) is 0.603. The molecule has 0 fully saturated rings. The molecule has 0 saturated heterocycles. The highest BCUT2D eigenvalue weighted by atomic mass is 16.5. The summed E-state index contributed by atoms with van der Waals surface area (Å²) in [7, 11) is 0. The average Bonchev–Trinajstić information content (AvgIpc) is 2.71. The Morgan fingerprint density at radius 3 is 2.19 bits per heavy atom. The number of ketones is 2. The van der Waals surface area contributed by atoms with Crippen molar-refractivity contribution in [2.24, 2.45) is 0 Å². The number of hydrogen-bond acceptors (Lipinski definition) is 4. The van der Waals surface area contributed by atoms with E-state index in [0.717, 1.165) is 5.56 Å². The van der Waals surface area contributed by atoms with Crippen molar-refractivity contribution in [2.45, 2.75) is 32.1 Å². The Balaban J connectivity index is 2.01. The van der Waals surface area contributed by atoms with Gasteiger partial charge in [0, 0.05) is 34.6 Å². The van der Waals surface area contributed by atoms with Crippen molar-refractivity contribution in [2.75, 3.05) is 0 Å². The SMILES string of the molecule is CC1=C(C(CCCC(=O)NO)c2ccccc2)C(=O)c2ccccc2C1=O. The van der Waals surface area contributed by atoms with Crippen LogP contribution in [0.2, 0.25) is 0 Å². The number of fused-ring (bicyclic) bond motifs is 1. The number of rotatable bonds is 6. The molecule has 27 heavy (non-hydrogen) atoms. The van der Waals surface area contributed by atoms with Gasteiger partial charge in [-0.3, -0.25) is 19.6 Å². The highest BCUT2D eigenvalue weighted by Gasteiger charge is 2.34. The molecule has 0 aromatic heterocycles. The van der Waals surface area contributed by atoms with Gasteiger partial charge in [0.05, 0.1) is 0 Å². The van der Waals surface area contributed by atoms with Crippen LogP contribution >= 0.6 is 0 Å². The van der Waals surface area contributed by atoms with Gasteiger partial charge in [-0.15, -0.1) is 0 Å². The number of Topliss-reactive ketones (excluding diaryl/α,β-unsaturated/α-hetero) is 2. The van der Waals surface area contributed by atoms with Crippen LogP contribution < -0.4 is 5.48 Å². The third kappa shape index (κ3) is 3.73. The van der Waals surface area contributed by atoms with Gasteiger partial charge in [0.2, 0.25) is 5.91 Å². The number of carbonyl (C=O) groups excluding carboxylic acids is 3. The fourth-order valence-corrected chi connectivity index (χ4v) is 3.62. The Morgan fingerprint density at radius 2 is 1.56 bits per heavy atom. The molecule has 0 saturated carbocycles. The molecule has 5 nitrogen and oxygen atoms in total. The van der Waals surface area contributed by atoms with Gasteiger partial charge >= 0.3 is 0 Å². The number of allylic oxidation sites excluding steroid dienone is 2. The summed E-state index contributed by atoms with van der Waals surface area (Å²) in [5.41, 5.74) is 4.37. The fourth-order valence-electron chi connectivity index (χ4n) is 3.62. The largest absolute Gasteiger partial charge is 0.289 e. The molecule has 138 valence electrons. The van der Waals surface area contributed by atoms with Gasteiger partial charge in [-0.05, 0) is 25.3 Å². The molecule has 1 aliphatic rings. The van der Waals surface area contributed by atoms with Gasteiger partial charge in [0.1, 0.15) is 0 Å². The van der Waals surface area contributed by atoms with Gasteiger partial charge in [-0.2, -0.15) is 0 Å². The first-order valence-corrected chi connectivity index (χ1v) is 8.91. The van der Waals surface area contributed by atoms with E-state index in [1.165, 1.54) is 0 Å². The lowest BCUT2D eigenvalue weighted by molar-refractivity contribution is -0.129. The summed E-state index contributed by atoms with van der Waals surface area (Å²) in [6.07, 6.45) is 1.14. The van der Waals surface area contributed by atoms with E-state index in [9.17, 15) is 14.4 Å². The van der Waals surface area contributed by atoms with Gasteiger partial charge < -0.3 is 0 Å². The minimum Gasteiger partial charge on any atom is -0.289 e. The van der Waals surface area contributed by atoms with Gasteiger partial charge in [-0.1, -0.05) is 54.6 Å². The van der Waals surface area contributed by atoms with Gasteiger partial charge in [0.25, 0.3) is 0 Å². The Kier molecular flexibility index (Phi) is 5.62. The number of amides is 1. The van der Waals surface area contributed by atoms with Crippen LogP contribution in [0.5, 0.6) is 0 Å². The number of carbonyl (C=O) groups is 3.